The molecule has 10 aromatic rings. The van der Waals surface area contributed by atoms with Crippen molar-refractivity contribution in [3.05, 3.63) is 206 Å². The van der Waals surface area contributed by atoms with Crippen LogP contribution in [0.1, 0.15) is 0 Å². The van der Waals surface area contributed by atoms with E-state index in [1.165, 1.54) is 65.6 Å². The molecular formula is C50H34N2. The van der Waals surface area contributed by atoms with Crippen molar-refractivity contribution < 1.29 is 0 Å². The Morgan fingerprint density at radius 2 is 0.904 bits per heavy atom. The largest absolute Gasteiger partial charge is 0.310 e. The summed E-state index contributed by atoms with van der Waals surface area (Å²) >= 11 is 0. The first-order valence-electron chi connectivity index (χ1n) is 17.9. The molecule has 2 nitrogen and oxygen atoms in total. The molecule has 0 bridgehead atoms. The van der Waals surface area contributed by atoms with Crippen molar-refractivity contribution in [1.82, 2.24) is 4.57 Å². The van der Waals surface area contributed by atoms with Gasteiger partial charge < -0.3 is 9.47 Å². The number of fused-ring (bicyclic) bond motifs is 6. The Kier molecular flexibility index (Phi) is 7.18. The summed E-state index contributed by atoms with van der Waals surface area (Å²) in [5.41, 5.74) is 11.8. The maximum Gasteiger partial charge on any atom is 0.0619 e. The van der Waals surface area contributed by atoms with Crippen molar-refractivity contribution in [3.8, 4) is 27.9 Å². The van der Waals surface area contributed by atoms with Gasteiger partial charge in [-0.15, -0.1) is 0 Å². The SMILES string of the molecule is c1ccc(-c2ccc(N(c3ccccc3)c3ccc(-c4ccc(-n5c6ccccc6c6ccc7ccccc7c65)cc4)c4ccccc34)cc2)cc1. The molecule has 0 atom stereocenters. The van der Waals surface area contributed by atoms with E-state index >= 15 is 0 Å². The minimum absolute atomic E-state index is 1.12. The highest BCUT2D eigenvalue weighted by Gasteiger charge is 2.18. The van der Waals surface area contributed by atoms with E-state index in [4.69, 9.17) is 0 Å². The van der Waals surface area contributed by atoms with Gasteiger partial charge in [-0.2, -0.15) is 0 Å². The van der Waals surface area contributed by atoms with Crippen molar-refractivity contribution >= 4 is 60.4 Å². The molecule has 52 heavy (non-hydrogen) atoms. The van der Waals surface area contributed by atoms with E-state index in [2.05, 4.69) is 216 Å². The molecule has 0 aliphatic rings. The van der Waals surface area contributed by atoms with Gasteiger partial charge in [0.2, 0.25) is 0 Å². The van der Waals surface area contributed by atoms with Crippen LogP contribution in [0.25, 0.3) is 71.3 Å². The zero-order chi connectivity index (χ0) is 34.4. The molecule has 0 radical (unpaired) electrons. The Morgan fingerprint density at radius 3 is 1.67 bits per heavy atom. The van der Waals surface area contributed by atoms with Crippen molar-refractivity contribution in [2.45, 2.75) is 0 Å². The molecule has 0 aliphatic carbocycles. The van der Waals surface area contributed by atoms with Crippen LogP contribution >= 0.6 is 0 Å². The predicted molar refractivity (Wildman–Crippen MR) is 221 cm³/mol. The van der Waals surface area contributed by atoms with E-state index in [9.17, 15) is 0 Å². The number of aromatic nitrogens is 1. The normalized spacial score (nSPS) is 11.5. The molecule has 0 aliphatic heterocycles. The van der Waals surface area contributed by atoms with Crippen LogP contribution in [0.15, 0.2) is 206 Å². The predicted octanol–water partition coefficient (Wildman–Crippen LogP) is 13.9. The van der Waals surface area contributed by atoms with Crippen LogP contribution in [0.5, 0.6) is 0 Å². The minimum atomic E-state index is 1.12. The second-order valence-electron chi connectivity index (χ2n) is 13.3. The van der Waals surface area contributed by atoms with Gasteiger partial charge in [0.05, 0.1) is 16.7 Å². The molecule has 0 saturated heterocycles. The lowest BCUT2D eigenvalue weighted by atomic mass is 9.96. The van der Waals surface area contributed by atoms with E-state index in [1.807, 2.05) is 0 Å². The summed E-state index contributed by atoms with van der Waals surface area (Å²) in [6.07, 6.45) is 0. The fourth-order valence-corrected chi connectivity index (χ4v) is 7.96. The zero-order valence-corrected chi connectivity index (χ0v) is 28.5. The van der Waals surface area contributed by atoms with Crippen molar-refractivity contribution in [3.63, 3.8) is 0 Å². The van der Waals surface area contributed by atoms with Crippen LogP contribution in [0.4, 0.5) is 17.1 Å². The molecule has 1 aromatic heterocycles. The Balaban J connectivity index is 1.09. The average Bonchev–Trinajstić information content (AvgIpc) is 3.57. The first-order valence-corrected chi connectivity index (χ1v) is 17.9. The lowest BCUT2D eigenvalue weighted by Crippen LogP contribution is -2.10. The number of rotatable bonds is 6. The van der Waals surface area contributed by atoms with Gasteiger partial charge in [0, 0.05) is 38.6 Å². The third kappa shape index (κ3) is 4.96. The molecule has 2 heteroatoms. The smallest absolute Gasteiger partial charge is 0.0619 e. The van der Waals surface area contributed by atoms with Gasteiger partial charge >= 0.3 is 0 Å². The van der Waals surface area contributed by atoms with Crippen LogP contribution < -0.4 is 4.90 Å². The van der Waals surface area contributed by atoms with Crippen LogP contribution in [-0.2, 0) is 0 Å². The fourth-order valence-electron chi connectivity index (χ4n) is 7.96. The van der Waals surface area contributed by atoms with Gasteiger partial charge in [-0.05, 0) is 81.6 Å². The van der Waals surface area contributed by atoms with E-state index < -0.39 is 0 Å². The van der Waals surface area contributed by atoms with E-state index in [0.29, 0.717) is 0 Å². The number of benzene rings is 9. The Hall–Kier alpha value is -6.90. The van der Waals surface area contributed by atoms with Gasteiger partial charge in [-0.1, -0.05) is 158 Å². The molecule has 10 rings (SSSR count). The third-order valence-electron chi connectivity index (χ3n) is 10.4. The molecule has 0 fully saturated rings. The second kappa shape index (κ2) is 12.5. The summed E-state index contributed by atoms with van der Waals surface area (Å²) in [6.45, 7) is 0. The molecule has 0 spiro atoms. The standard InChI is InChI=1S/C50H34N2/c1-3-13-35(14-4-1)36-23-28-40(29-24-36)51(39-16-5-2-6-17-39)49-34-33-42(44-19-9-10-20-45(44)49)38-25-30-41(31-26-38)52-48-22-12-11-21-46(48)47-32-27-37-15-7-8-18-43(37)50(47)52/h1-34H. The summed E-state index contributed by atoms with van der Waals surface area (Å²) in [6, 6.07) is 74.6. The van der Waals surface area contributed by atoms with E-state index in [1.54, 1.807) is 0 Å². The minimum Gasteiger partial charge on any atom is -0.310 e. The molecule has 9 aromatic carbocycles. The Bertz CT molecular complexity index is 2870. The maximum atomic E-state index is 2.43. The van der Waals surface area contributed by atoms with Gasteiger partial charge in [0.1, 0.15) is 0 Å². The lowest BCUT2D eigenvalue weighted by Gasteiger charge is -2.27. The zero-order valence-electron chi connectivity index (χ0n) is 28.5. The first kappa shape index (κ1) is 30.0. The number of hydrogen-bond donors (Lipinski definition) is 0. The Labute approximate surface area is 303 Å². The number of hydrogen-bond acceptors (Lipinski definition) is 1. The van der Waals surface area contributed by atoms with E-state index in [-0.39, 0.29) is 0 Å². The summed E-state index contributed by atoms with van der Waals surface area (Å²) in [7, 11) is 0. The third-order valence-corrected chi connectivity index (χ3v) is 10.4. The van der Waals surface area contributed by atoms with Gasteiger partial charge in [0.25, 0.3) is 0 Å². The van der Waals surface area contributed by atoms with Crippen molar-refractivity contribution in [2.75, 3.05) is 4.90 Å². The highest BCUT2D eigenvalue weighted by atomic mass is 15.1. The fraction of sp³-hybridized carbons (Fsp3) is 0. The van der Waals surface area contributed by atoms with Gasteiger partial charge in [-0.3, -0.25) is 0 Å². The van der Waals surface area contributed by atoms with Gasteiger partial charge in [-0.25, -0.2) is 0 Å². The maximum absolute atomic E-state index is 2.43. The monoisotopic (exact) mass is 662 g/mol. The van der Waals surface area contributed by atoms with Crippen molar-refractivity contribution in [1.29, 1.82) is 0 Å². The van der Waals surface area contributed by atoms with Gasteiger partial charge in [0.15, 0.2) is 0 Å². The van der Waals surface area contributed by atoms with Crippen LogP contribution in [0.3, 0.4) is 0 Å². The topological polar surface area (TPSA) is 8.17 Å². The summed E-state index contributed by atoms with van der Waals surface area (Å²) in [5, 5.41) is 7.48. The summed E-state index contributed by atoms with van der Waals surface area (Å²) in [4.78, 5) is 2.37. The molecule has 0 saturated carbocycles. The lowest BCUT2D eigenvalue weighted by molar-refractivity contribution is 1.19. The summed E-state index contributed by atoms with van der Waals surface area (Å²) < 4.78 is 2.43. The van der Waals surface area contributed by atoms with E-state index in [0.717, 1.165) is 22.7 Å². The number of para-hydroxylation sites is 2. The molecule has 1 heterocycles. The highest BCUT2D eigenvalue weighted by molar-refractivity contribution is 6.18. The first-order chi connectivity index (χ1) is 25.8. The quantitative estimate of drug-likeness (QED) is 0.172. The van der Waals surface area contributed by atoms with Crippen LogP contribution in [0.2, 0.25) is 0 Å². The Morgan fingerprint density at radius 1 is 0.327 bits per heavy atom. The number of nitrogens with zero attached hydrogens (tertiary/aromatic N) is 2. The molecule has 0 unspecified atom stereocenters. The average molecular weight is 663 g/mol. The number of anilines is 3. The molecular weight excluding hydrogens is 629 g/mol. The molecule has 0 amide bonds. The van der Waals surface area contributed by atoms with Crippen molar-refractivity contribution in [2.24, 2.45) is 0 Å². The molecule has 0 N–H and O–H groups in total. The summed E-state index contributed by atoms with van der Waals surface area (Å²) in [5.74, 6) is 0. The molecule has 244 valence electrons. The van der Waals surface area contributed by atoms with Crippen LogP contribution in [-0.4, -0.2) is 4.57 Å². The second-order valence-corrected chi connectivity index (χ2v) is 13.3. The highest BCUT2D eigenvalue weighted by Crippen LogP contribution is 2.43. The van der Waals surface area contributed by atoms with Crippen LogP contribution in [0, 0.1) is 0 Å².